The first-order valence-corrected chi connectivity index (χ1v) is 10.6. The highest BCUT2D eigenvalue weighted by molar-refractivity contribution is 6.30. The first kappa shape index (κ1) is 20.5. The predicted octanol–water partition coefficient (Wildman–Crippen LogP) is 5.46. The van der Waals surface area contributed by atoms with Gasteiger partial charge in [0.05, 0.1) is 5.56 Å². The maximum absolute atomic E-state index is 11.0. The van der Waals surface area contributed by atoms with Crippen molar-refractivity contribution in [3.05, 3.63) is 88.9 Å². The van der Waals surface area contributed by atoms with Crippen molar-refractivity contribution in [3.63, 3.8) is 0 Å². The molecule has 2 N–H and O–H groups in total. The highest BCUT2D eigenvalue weighted by atomic mass is 35.5. The van der Waals surface area contributed by atoms with E-state index in [1.165, 1.54) is 16.7 Å². The van der Waals surface area contributed by atoms with E-state index in [1.807, 2.05) is 24.3 Å². The predicted molar refractivity (Wildman–Crippen MR) is 122 cm³/mol. The molecular weight excluding hydrogens is 396 g/mol. The lowest BCUT2D eigenvalue weighted by atomic mass is 9.98. The van der Waals surface area contributed by atoms with Gasteiger partial charge in [0.15, 0.2) is 0 Å². The van der Waals surface area contributed by atoms with Crippen LogP contribution in [0, 0.1) is 0 Å². The van der Waals surface area contributed by atoms with Crippen molar-refractivity contribution >= 4 is 23.3 Å². The Morgan fingerprint density at radius 3 is 2.30 bits per heavy atom. The number of aromatic carboxylic acids is 1. The smallest absolute Gasteiger partial charge is 0.335 e. The number of nitrogens with zero attached hydrogens (tertiary/aromatic N) is 1. The van der Waals surface area contributed by atoms with E-state index in [4.69, 9.17) is 16.7 Å². The maximum Gasteiger partial charge on any atom is 0.335 e. The van der Waals surface area contributed by atoms with Crippen molar-refractivity contribution in [1.29, 1.82) is 0 Å². The molecule has 0 bridgehead atoms. The lowest BCUT2D eigenvalue weighted by Crippen LogP contribution is -2.42. The Hall–Kier alpha value is -2.82. The molecule has 30 heavy (non-hydrogen) atoms. The highest BCUT2D eigenvalue weighted by Crippen LogP contribution is 2.26. The van der Waals surface area contributed by atoms with Gasteiger partial charge in [-0.25, -0.2) is 4.79 Å². The van der Waals surface area contributed by atoms with Gasteiger partial charge in [-0.2, -0.15) is 0 Å². The monoisotopic (exact) mass is 420 g/mol. The molecule has 0 amide bonds. The number of carbonyl (C=O) groups is 1. The number of carboxylic acids is 1. The van der Waals surface area contributed by atoms with Crippen LogP contribution in [-0.2, 0) is 6.54 Å². The third kappa shape index (κ3) is 4.84. The normalized spacial score (nSPS) is 14.6. The van der Waals surface area contributed by atoms with E-state index in [2.05, 4.69) is 46.6 Å². The molecule has 0 saturated carbocycles. The van der Waals surface area contributed by atoms with Crippen molar-refractivity contribution in [1.82, 2.24) is 5.32 Å². The summed E-state index contributed by atoms with van der Waals surface area (Å²) in [5.74, 6) is -0.886. The fourth-order valence-electron chi connectivity index (χ4n) is 4.00. The van der Waals surface area contributed by atoms with Crippen LogP contribution in [0.25, 0.3) is 11.1 Å². The van der Waals surface area contributed by atoms with Gasteiger partial charge in [0.2, 0.25) is 0 Å². The Bertz CT molecular complexity index is 994. The number of halogens is 1. The number of rotatable bonds is 6. The molecule has 3 aromatic rings. The van der Waals surface area contributed by atoms with Crippen molar-refractivity contribution in [2.45, 2.75) is 25.4 Å². The average molecular weight is 421 g/mol. The van der Waals surface area contributed by atoms with Crippen LogP contribution in [0.2, 0.25) is 5.02 Å². The van der Waals surface area contributed by atoms with E-state index < -0.39 is 5.97 Å². The second-order valence-corrected chi connectivity index (χ2v) is 8.09. The SMILES string of the molecule is O=C(O)c1ccc(N2CCC(NCc3ccccc3-c3ccc(Cl)cc3)CC2)cc1. The van der Waals surface area contributed by atoms with Crippen LogP contribution in [0.5, 0.6) is 0 Å². The molecule has 1 heterocycles. The number of anilines is 1. The van der Waals surface area contributed by atoms with Crippen molar-refractivity contribution < 1.29 is 9.90 Å². The molecule has 5 heteroatoms. The Balaban J connectivity index is 1.34. The molecule has 0 unspecified atom stereocenters. The fourth-order valence-corrected chi connectivity index (χ4v) is 4.12. The van der Waals surface area contributed by atoms with Gasteiger partial charge in [-0.3, -0.25) is 0 Å². The zero-order valence-corrected chi connectivity index (χ0v) is 17.5. The van der Waals surface area contributed by atoms with Gasteiger partial charge in [-0.1, -0.05) is 48.0 Å². The zero-order chi connectivity index (χ0) is 20.9. The molecule has 1 aliphatic rings. The van der Waals surface area contributed by atoms with Gasteiger partial charge in [-0.05, 0) is 65.9 Å². The van der Waals surface area contributed by atoms with Crippen LogP contribution >= 0.6 is 11.6 Å². The lowest BCUT2D eigenvalue weighted by Gasteiger charge is -2.34. The molecule has 1 aliphatic heterocycles. The van der Waals surface area contributed by atoms with E-state index in [1.54, 1.807) is 12.1 Å². The summed E-state index contributed by atoms with van der Waals surface area (Å²) in [5.41, 5.74) is 5.11. The molecular formula is C25H25ClN2O2. The Labute approximate surface area is 182 Å². The fraction of sp³-hybridized carbons (Fsp3) is 0.240. The van der Waals surface area contributed by atoms with Gasteiger partial charge in [0.25, 0.3) is 0 Å². The molecule has 3 aromatic carbocycles. The number of piperidine rings is 1. The van der Waals surface area contributed by atoms with Crippen LogP contribution in [0.3, 0.4) is 0 Å². The third-order valence-corrected chi connectivity index (χ3v) is 5.98. The van der Waals surface area contributed by atoms with Crippen LogP contribution in [-0.4, -0.2) is 30.2 Å². The second-order valence-electron chi connectivity index (χ2n) is 7.66. The number of hydrogen-bond acceptors (Lipinski definition) is 3. The summed E-state index contributed by atoms with van der Waals surface area (Å²) >= 11 is 6.04. The van der Waals surface area contributed by atoms with Crippen LogP contribution in [0.1, 0.15) is 28.8 Å². The Morgan fingerprint density at radius 1 is 0.967 bits per heavy atom. The molecule has 0 atom stereocenters. The van der Waals surface area contributed by atoms with E-state index in [9.17, 15) is 4.79 Å². The Kier molecular flexibility index (Phi) is 6.36. The minimum atomic E-state index is -0.886. The maximum atomic E-state index is 11.0. The first-order chi connectivity index (χ1) is 14.6. The number of nitrogens with one attached hydrogen (secondary N) is 1. The van der Waals surface area contributed by atoms with Gasteiger partial charge in [0, 0.05) is 36.4 Å². The van der Waals surface area contributed by atoms with Crippen LogP contribution in [0.15, 0.2) is 72.8 Å². The minimum absolute atomic E-state index is 0.328. The standard InChI is InChI=1S/C25H25ClN2O2/c26-21-9-5-18(6-10-21)24-4-2-1-3-20(24)17-27-22-13-15-28(16-14-22)23-11-7-19(8-12-23)25(29)30/h1-12,22,27H,13-17H2,(H,29,30). The average Bonchev–Trinajstić information content (AvgIpc) is 2.79. The van der Waals surface area contributed by atoms with E-state index in [0.29, 0.717) is 11.6 Å². The molecule has 0 aliphatic carbocycles. The van der Waals surface area contributed by atoms with Gasteiger partial charge < -0.3 is 15.3 Å². The Morgan fingerprint density at radius 2 is 1.63 bits per heavy atom. The molecule has 4 nitrogen and oxygen atoms in total. The molecule has 1 fully saturated rings. The summed E-state index contributed by atoms with van der Waals surface area (Å²) < 4.78 is 0. The van der Waals surface area contributed by atoms with Gasteiger partial charge >= 0.3 is 5.97 Å². The van der Waals surface area contributed by atoms with Crippen LogP contribution < -0.4 is 10.2 Å². The van der Waals surface area contributed by atoms with Crippen molar-refractivity contribution in [2.24, 2.45) is 0 Å². The van der Waals surface area contributed by atoms with E-state index >= 15 is 0 Å². The molecule has 154 valence electrons. The summed E-state index contributed by atoms with van der Waals surface area (Å²) in [6, 6.07) is 24.1. The van der Waals surface area contributed by atoms with Gasteiger partial charge in [0.1, 0.15) is 0 Å². The third-order valence-electron chi connectivity index (χ3n) is 5.73. The highest BCUT2D eigenvalue weighted by Gasteiger charge is 2.19. The quantitative estimate of drug-likeness (QED) is 0.555. The summed E-state index contributed by atoms with van der Waals surface area (Å²) in [6.07, 6.45) is 2.12. The van der Waals surface area contributed by atoms with Gasteiger partial charge in [-0.15, -0.1) is 0 Å². The van der Waals surface area contributed by atoms with Crippen LogP contribution in [0.4, 0.5) is 5.69 Å². The first-order valence-electron chi connectivity index (χ1n) is 10.3. The number of benzene rings is 3. The molecule has 0 radical (unpaired) electrons. The number of hydrogen-bond donors (Lipinski definition) is 2. The lowest BCUT2D eigenvalue weighted by molar-refractivity contribution is 0.0697. The molecule has 0 spiro atoms. The van der Waals surface area contributed by atoms with Crippen molar-refractivity contribution in [3.8, 4) is 11.1 Å². The topological polar surface area (TPSA) is 52.6 Å². The summed E-state index contributed by atoms with van der Waals surface area (Å²) in [7, 11) is 0. The summed E-state index contributed by atoms with van der Waals surface area (Å²) in [4.78, 5) is 13.3. The van der Waals surface area contributed by atoms with E-state index in [-0.39, 0.29) is 0 Å². The summed E-state index contributed by atoms with van der Waals surface area (Å²) in [6.45, 7) is 2.75. The minimum Gasteiger partial charge on any atom is -0.478 e. The van der Waals surface area contributed by atoms with Crippen molar-refractivity contribution in [2.75, 3.05) is 18.0 Å². The molecule has 0 aromatic heterocycles. The molecule has 4 rings (SSSR count). The zero-order valence-electron chi connectivity index (χ0n) is 16.7. The second kappa shape index (κ2) is 9.33. The number of carboxylic acid groups (broad SMARTS) is 1. The van der Waals surface area contributed by atoms with E-state index in [0.717, 1.165) is 43.2 Å². The molecule has 1 saturated heterocycles. The summed E-state index contributed by atoms with van der Waals surface area (Å²) in [5, 5.41) is 13.5. The largest absolute Gasteiger partial charge is 0.478 e.